The summed E-state index contributed by atoms with van der Waals surface area (Å²) in [5, 5.41) is 15.0. The maximum Gasteiger partial charge on any atom is 0.407 e. The van der Waals surface area contributed by atoms with Gasteiger partial charge in [0.1, 0.15) is 12.6 Å². The van der Waals surface area contributed by atoms with Crippen molar-refractivity contribution in [1.29, 1.82) is 0 Å². The molecule has 0 spiro atoms. The highest BCUT2D eigenvalue weighted by Crippen LogP contribution is 2.44. The third-order valence-corrected chi connectivity index (χ3v) is 7.65. The molecule has 2 amide bonds. The molecule has 0 bridgehead atoms. The molecule has 3 N–H and O–H groups in total. The van der Waals surface area contributed by atoms with Crippen molar-refractivity contribution in [2.24, 2.45) is 11.8 Å². The van der Waals surface area contributed by atoms with Crippen LogP contribution in [0.15, 0.2) is 48.5 Å². The lowest BCUT2D eigenvalue weighted by Gasteiger charge is -2.33. The zero-order chi connectivity index (χ0) is 23.7. The van der Waals surface area contributed by atoms with E-state index in [-0.39, 0.29) is 30.4 Å². The van der Waals surface area contributed by atoms with E-state index < -0.39 is 24.0 Å². The highest BCUT2D eigenvalue weighted by Gasteiger charge is 2.37. The average Bonchev–Trinajstić information content (AvgIpc) is 3.39. The monoisotopic (exact) mass is 462 g/mol. The Balaban J connectivity index is 1.21. The van der Waals surface area contributed by atoms with E-state index in [1.165, 1.54) is 0 Å². The van der Waals surface area contributed by atoms with Gasteiger partial charge in [-0.1, -0.05) is 55.0 Å². The molecule has 7 heteroatoms. The molecule has 2 aromatic carbocycles. The Hall–Kier alpha value is -3.35. The van der Waals surface area contributed by atoms with Crippen molar-refractivity contribution in [3.8, 4) is 11.1 Å². The number of hydrogen-bond acceptors (Lipinski definition) is 4. The number of rotatable bonds is 7. The van der Waals surface area contributed by atoms with E-state index in [9.17, 15) is 19.5 Å². The molecule has 0 aromatic heterocycles. The van der Waals surface area contributed by atoms with Gasteiger partial charge in [-0.25, -0.2) is 4.79 Å². The first-order chi connectivity index (χ1) is 16.5. The summed E-state index contributed by atoms with van der Waals surface area (Å²) < 4.78 is 5.65. The minimum atomic E-state index is -0.816. The van der Waals surface area contributed by atoms with Gasteiger partial charge in [0.25, 0.3) is 0 Å². The molecule has 0 radical (unpaired) electrons. The Morgan fingerprint density at radius 1 is 0.941 bits per heavy atom. The Bertz CT molecular complexity index is 1050. The van der Waals surface area contributed by atoms with Gasteiger partial charge in [0.15, 0.2) is 0 Å². The van der Waals surface area contributed by atoms with E-state index in [2.05, 4.69) is 34.9 Å². The molecule has 3 aliphatic rings. The fourth-order valence-electron chi connectivity index (χ4n) is 5.57. The second kappa shape index (κ2) is 9.49. The van der Waals surface area contributed by atoms with Crippen molar-refractivity contribution in [3.05, 3.63) is 59.7 Å². The first-order valence-corrected chi connectivity index (χ1v) is 12.2. The van der Waals surface area contributed by atoms with Crippen LogP contribution in [-0.2, 0) is 14.3 Å². The van der Waals surface area contributed by atoms with Gasteiger partial charge >= 0.3 is 12.1 Å². The van der Waals surface area contributed by atoms with Crippen molar-refractivity contribution >= 4 is 18.0 Å². The zero-order valence-electron chi connectivity index (χ0n) is 19.0. The number of ether oxygens (including phenoxy) is 1. The molecule has 2 saturated carbocycles. The number of carbonyl (C=O) groups is 3. The first-order valence-electron chi connectivity index (χ1n) is 12.2. The van der Waals surface area contributed by atoms with Gasteiger partial charge in [0.2, 0.25) is 5.91 Å². The van der Waals surface area contributed by atoms with E-state index in [0.29, 0.717) is 19.3 Å². The number of benzene rings is 2. The van der Waals surface area contributed by atoms with Crippen molar-refractivity contribution in [3.63, 3.8) is 0 Å². The summed E-state index contributed by atoms with van der Waals surface area (Å²) in [6.07, 6.45) is 3.84. The summed E-state index contributed by atoms with van der Waals surface area (Å²) in [5.41, 5.74) is 4.60. The van der Waals surface area contributed by atoms with Crippen molar-refractivity contribution < 1.29 is 24.2 Å². The van der Waals surface area contributed by atoms with Gasteiger partial charge < -0.3 is 20.5 Å². The molecule has 5 rings (SSSR count). The van der Waals surface area contributed by atoms with Crippen LogP contribution in [0.2, 0.25) is 0 Å². The van der Waals surface area contributed by atoms with E-state index in [4.69, 9.17) is 4.74 Å². The van der Waals surface area contributed by atoms with Crippen LogP contribution >= 0.6 is 0 Å². The number of carbonyl (C=O) groups excluding carboxylic acids is 2. The maximum atomic E-state index is 13.0. The summed E-state index contributed by atoms with van der Waals surface area (Å²) in [4.78, 5) is 37.0. The molecule has 34 heavy (non-hydrogen) atoms. The lowest BCUT2D eigenvalue weighted by molar-refractivity contribution is -0.141. The predicted octanol–water partition coefficient (Wildman–Crippen LogP) is 4.06. The molecule has 3 aliphatic carbocycles. The number of alkyl carbamates (subject to hydrolysis) is 1. The summed E-state index contributed by atoms with van der Waals surface area (Å²) in [7, 11) is 0. The van der Waals surface area contributed by atoms with E-state index >= 15 is 0 Å². The summed E-state index contributed by atoms with van der Waals surface area (Å²) in [6, 6.07) is 15.5. The topological polar surface area (TPSA) is 105 Å². The van der Waals surface area contributed by atoms with Crippen LogP contribution in [0.5, 0.6) is 0 Å². The number of nitrogens with one attached hydrogen (secondary N) is 2. The number of amides is 2. The van der Waals surface area contributed by atoms with Crippen LogP contribution in [0.4, 0.5) is 4.79 Å². The first kappa shape index (κ1) is 22.4. The Labute approximate surface area is 198 Å². The van der Waals surface area contributed by atoms with Gasteiger partial charge in [-0.05, 0) is 60.3 Å². The minimum Gasteiger partial charge on any atom is -0.481 e. The largest absolute Gasteiger partial charge is 0.481 e. The normalized spacial score (nSPS) is 22.2. The molecule has 1 unspecified atom stereocenters. The molecule has 0 heterocycles. The highest BCUT2D eigenvalue weighted by molar-refractivity contribution is 5.86. The lowest BCUT2D eigenvalue weighted by atomic mass is 9.79. The van der Waals surface area contributed by atoms with Crippen LogP contribution < -0.4 is 10.6 Å². The summed E-state index contributed by atoms with van der Waals surface area (Å²) in [5.74, 6) is -1.43. The van der Waals surface area contributed by atoms with Crippen LogP contribution in [0.1, 0.15) is 55.6 Å². The lowest BCUT2D eigenvalue weighted by Crippen LogP contribution is -2.54. The third kappa shape index (κ3) is 4.39. The third-order valence-electron chi connectivity index (χ3n) is 7.65. The fraction of sp³-hybridized carbons (Fsp3) is 0.444. The number of hydrogen-bond donors (Lipinski definition) is 3. The second-order valence-electron chi connectivity index (χ2n) is 9.69. The van der Waals surface area contributed by atoms with Gasteiger partial charge in [0.05, 0.1) is 5.92 Å². The second-order valence-corrected chi connectivity index (χ2v) is 9.69. The van der Waals surface area contributed by atoms with E-state index in [1.807, 2.05) is 24.3 Å². The maximum absolute atomic E-state index is 13.0. The molecule has 178 valence electrons. The SMILES string of the molecule is O=C(NC(C(=O)N[C@@H]1CC[C@H](C(=O)O)C1)C1CCC1)OCC1c2ccccc2-c2ccccc21. The van der Waals surface area contributed by atoms with Crippen molar-refractivity contribution in [2.75, 3.05) is 6.61 Å². The summed E-state index contributed by atoms with van der Waals surface area (Å²) >= 11 is 0. The van der Waals surface area contributed by atoms with Crippen LogP contribution in [0, 0.1) is 11.8 Å². The molecule has 0 saturated heterocycles. The van der Waals surface area contributed by atoms with E-state index in [1.54, 1.807) is 0 Å². The van der Waals surface area contributed by atoms with Gasteiger partial charge in [-0.2, -0.15) is 0 Å². The van der Waals surface area contributed by atoms with E-state index in [0.717, 1.165) is 41.5 Å². The molecular formula is C27H30N2O5. The summed E-state index contributed by atoms with van der Waals surface area (Å²) in [6.45, 7) is 0.196. The Morgan fingerprint density at radius 2 is 1.59 bits per heavy atom. The van der Waals surface area contributed by atoms with Crippen LogP contribution in [0.3, 0.4) is 0 Å². The van der Waals surface area contributed by atoms with Gasteiger partial charge in [0, 0.05) is 12.0 Å². The molecular weight excluding hydrogens is 432 g/mol. The zero-order valence-corrected chi connectivity index (χ0v) is 19.0. The molecule has 0 aliphatic heterocycles. The predicted molar refractivity (Wildman–Crippen MR) is 126 cm³/mol. The Kier molecular flexibility index (Phi) is 6.26. The molecule has 7 nitrogen and oxygen atoms in total. The number of carboxylic acid groups (broad SMARTS) is 1. The van der Waals surface area contributed by atoms with Crippen molar-refractivity contribution in [2.45, 2.75) is 56.5 Å². The van der Waals surface area contributed by atoms with Crippen molar-refractivity contribution in [1.82, 2.24) is 10.6 Å². The molecule has 2 fully saturated rings. The minimum absolute atomic E-state index is 0.0411. The number of carboxylic acids is 1. The van der Waals surface area contributed by atoms with Gasteiger partial charge in [-0.15, -0.1) is 0 Å². The number of fused-ring (bicyclic) bond motifs is 3. The quantitative estimate of drug-likeness (QED) is 0.576. The Morgan fingerprint density at radius 3 is 2.15 bits per heavy atom. The van der Waals surface area contributed by atoms with Crippen LogP contribution in [-0.4, -0.2) is 41.8 Å². The fourth-order valence-corrected chi connectivity index (χ4v) is 5.57. The average molecular weight is 463 g/mol. The van der Waals surface area contributed by atoms with Gasteiger partial charge in [-0.3, -0.25) is 9.59 Å². The highest BCUT2D eigenvalue weighted by atomic mass is 16.5. The smallest absolute Gasteiger partial charge is 0.407 e. The van der Waals surface area contributed by atoms with Crippen LogP contribution in [0.25, 0.3) is 11.1 Å². The standard InChI is InChI=1S/C27H30N2O5/c30-25(28-18-13-12-17(14-18)26(31)32)24(16-6-5-7-16)29-27(33)34-15-23-21-10-3-1-8-19(21)20-9-2-4-11-22(20)23/h1-4,8-11,16-18,23-24H,5-7,12-15H2,(H,28,30)(H,29,33)(H,31,32)/t17-,18+,24?/m0/s1. The molecule has 2 aromatic rings. The molecule has 3 atom stereocenters. The number of aliphatic carboxylic acids is 1.